The first-order valence-electron chi connectivity index (χ1n) is 5.16. The van der Waals surface area contributed by atoms with Crippen molar-refractivity contribution >= 4 is 0 Å². The predicted octanol–water partition coefficient (Wildman–Crippen LogP) is 2.12. The summed E-state index contributed by atoms with van der Waals surface area (Å²) in [7, 11) is 0. The van der Waals surface area contributed by atoms with Crippen molar-refractivity contribution in [3.8, 4) is 0 Å². The molecule has 0 N–H and O–H groups in total. The van der Waals surface area contributed by atoms with Gasteiger partial charge in [0.25, 0.3) is 0 Å². The first-order chi connectivity index (χ1) is 6.83. The lowest BCUT2D eigenvalue weighted by Gasteiger charge is -2.32. The molecule has 0 aromatic rings. The molecule has 0 bridgehead atoms. The fourth-order valence-electron chi connectivity index (χ4n) is 2.21. The second-order valence-corrected chi connectivity index (χ2v) is 4.12. The fraction of sp³-hybridized carbons (Fsp3) is 0.636. The molecule has 0 radical (unpaired) electrons. The quantitative estimate of drug-likeness (QED) is 0.599. The minimum absolute atomic E-state index is 0.109. The number of hydrogen-bond donors (Lipinski definition) is 0. The summed E-state index contributed by atoms with van der Waals surface area (Å²) in [6.45, 7) is 0.834. The standard InChI is InChI=1S/C11H13FO2/c12-8-2-4-9-7(5-8)1-3-10(14-9)11-6-13-11/h2,5,9-11H,1,3-4,6H2/t9-,10+,11?/m1/s1. The molecular weight excluding hydrogens is 183 g/mol. The number of allylic oxidation sites excluding steroid dienone is 2. The Morgan fingerprint density at radius 1 is 1.36 bits per heavy atom. The maximum Gasteiger partial charge on any atom is 0.119 e. The van der Waals surface area contributed by atoms with Crippen LogP contribution in [0, 0.1) is 0 Å². The molecule has 0 saturated carbocycles. The van der Waals surface area contributed by atoms with E-state index in [4.69, 9.17) is 9.47 Å². The van der Waals surface area contributed by atoms with Crippen molar-refractivity contribution in [2.45, 2.75) is 37.6 Å². The van der Waals surface area contributed by atoms with Gasteiger partial charge in [-0.25, -0.2) is 4.39 Å². The van der Waals surface area contributed by atoms with Gasteiger partial charge in [-0.2, -0.15) is 0 Å². The predicted molar refractivity (Wildman–Crippen MR) is 49.5 cm³/mol. The number of rotatable bonds is 1. The third-order valence-electron chi connectivity index (χ3n) is 3.09. The van der Waals surface area contributed by atoms with Gasteiger partial charge in [0.05, 0.1) is 18.8 Å². The molecule has 3 rings (SSSR count). The van der Waals surface area contributed by atoms with Crippen molar-refractivity contribution in [3.05, 3.63) is 23.6 Å². The van der Waals surface area contributed by atoms with E-state index in [2.05, 4.69) is 0 Å². The van der Waals surface area contributed by atoms with Gasteiger partial charge < -0.3 is 9.47 Å². The first-order valence-corrected chi connectivity index (χ1v) is 5.16. The van der Waals surface area contributed by atoms with Crippen LogP contribution in [-0.4, -0.2) is 24.9 Å². The third-order valence-corrected chi connectivity index (χ3v) is 3.09. The van der Waals surface area contributed by atoms with Crippen molar-refractivity contribution < 1.29 is 13.9 Å². The highest BCUT2D eigenvalue weighted by Gasteiger charge is 2.38. The van der Waals surface area contributed by atoms with Crippen molar-refractivity contribution in [2.75, 3.05) is 6.61 Å². The van der Waals surface area contributed by atoms with Crippen LogP contribution in [0.3, 0.4) is 0 Å². The molecule has 0 aromatic carbocycles. The Labute approximate surface area is 82.4 Å². The molecule has 76 valence electrons. The van der Waals surface area contributed by atoms with E-state index in [1.165, 1.54) is 0 Å². The lowest BCUT2D eigenvalue weighted by Crippen LogP contribution is -2.33. The highest BCUT2D eigenvalue weighted by Crippen LogP contribution is 2.35. The number of fused-ring (bicyclic) bond motifs is 1. The Balaban J connectivity index is 1.72. The second-order valence-electron chi connectivity index (χ2n) is 4.12. The van der Waals surface area contributed by atoms with Crippen LogP contribution in [-0.2, 0) is 9.47 Å². The summed E-state index contributed by atoms with van der Waals surface area (Å²) in [6, 6.07) is 0. The normalized spacial score (nSPS) is 41.1. The topological polar surface area (TPSA) is 21.8 Å². The van der Waals surface area contributed by atoms with Gasteiger partial charge >= 0.3 is 0 Å². The number of hydrogen-bond acceptors (Lipinski definition) is 2. The molecule has 2 heterocycles. The molecule has 3 atom stereocenters. The lowest BCUT2D eigenvalue weighted by molar-refractivity contribution is -0.0320. The largest absolute Gasteiger partial charge is 0.370 e. The van der Waals surface area contributed by atoms with Crippen LogP contribution in [0.15, 0.2) is 23.6 Å². The molecule has 2 nitrogen and oxygen atoms in total. The van der Waals surface area contributed by atoms with Crippen LogP contribution in [0.1, 0.15) is 19.3 Å². The number of ether oxygens (including phenoxy) is 2. The molecule has 0 amide bonds. The molecule has 3 heteroatoms. The molecule has 14 heavy (non-hydrogen) atoms. The van der Waals surface area contributed by atoms with Crippen molar-refractivity contribution in [1.29, 1.82) is 0 Å². The zero-order chi connectivity index (χ0) is 9.54. The summed E-state index contributed by atoms with van der Waals surface area (Å²) in [5.74, 6) is -0.110. The summed E-state index contributed by atoms with van der Waals surface area (Å²) in [5.41, 5.74) is 1.11. The van der Waals surface area contributed by atoms with Gasteiger partial charge in [-0.15, -0.1) is 0 Å². The summed E-state index contributed by atoms with van der Waals surface area (Å²) in [6.07, 6.45) is 6.50. The van der Waals surface area contributed by atoms with Crippen LogP contribution in [0.4, 0.5) is 4.39 Å². The van der Waals surface area contributed by atoms with Gasteiger partial charge in [-0.05, 0) is 37.0 Å². The zero-order valence-electron chi connectivity index (χ0n) is 7.91. The first kappa shape index (κ1) is 8.62. The van der Waals surface area contributed by atoms with Gasteiger partial charge in [0.15, 0.2) is 0 Å². The van der Waals surface area contributed by atoms with E-state index in [0.29, 0.717) is 12.5 Å². The Kier molecular flexibility index (Phi) is 1.96. The molecule has 2 fully saturated rings. The molecular formula is C11H13FO2. The summed E-state index contributed by atoms with van der Waals surface area (Å²) < 4.78 is 24.0. The van der Waals surface area contributed by atoms with Crippen LogP contribution in [0.2, 0.25) is 0 Å². The number of epoxide rings is 1. The van der Waals surface area contributed by atoms with E-state index in [1.807, 2.05) is 0 Å². The van der Waals surface area contributed by atoms with Gasteiger partial charge in [0.1, 0.15) is 11.9 Å². The van der Waals surface area contributed by atoms with E-state index in [1.54, 1.807) is 12.2 Å². The SMILES string of the molecule is FC1=CC[C@H]2O[C@H](C3CO3)CCC2=C1. The van der Waals surface area contributed by atoms with Gasteiger partial charge in [0, 0.05) is 0 Å². The third kappa shape index (κ3) is 1.51. The van der Waals surface area contributed by atoms with Crippen molar-refractivity contribution in [1.82, 2.24) is 0 Å². The minimum Gasteiger partial charge on any atom is -0.370 e. The van der Waals surface area contributed by atoms with Crippen LogP contribution in [0.25, 0.3) is 0 Å². The van der Waals surface area contributed by atoms with Crippen molar-refractivity contribution in [3.63, 3.8) is 0 Å². The van der Waals surface area contributed by atoms with Crippen LogP contribution in [0.5, 0.6) is 0 Å². The molecule has 1 aliphatic carbocycles. The van der Waals surface area contributed by atoms with Gasteiger partial charge in [-0.1, -0.05) is 0 Å². The Morgan fingerprint density at radius 3 is 3.00 bits per heavy atom. The summed E-state index contributed by atoms with van der Waals surface area (Å²) in [5, 5.41) is 0. The molecule has 1 unspecified atom stereocenters. The highest BCUT2D eigenvalue weighted by atomic mass is 19.1. The molecule has 0 aromatic heterocycles. The Bertz CT molecular complexity index is 304. The van der Waals surface area contributed by atoms with E-state index in [9.17, 15) is 4.39 Å². The average Bonchev–Trinajstić information content (AvgIpc) is 3.00. The maximum absolute atomic E-state index is 12.9. The van der Waals surface area contributed by atoms with E-state index < -0.39 is 0 Å². The Hall–Kier alpha value is -0.670. The minimum atomic E-state index is -0.110. The molecule has 2 aliphatic heterocycles. The van der Waals surface area contributed by atoms with Gasteiger partial charge in [-0.3, -0.25) is 0 Å². The van der Waals surface area contributed by atoms with E-state index >= 15 is 0 Å². The van der Waals surface area contributed by atoms with Crippen molar-refractivity contribution in [2.24, 2.45) is 0 Å². The van der Waals surface area contributed by atoms with E-state index in [0.717, 1.165) is 25.0 Å². The van der Waals surface area contributed by atoms with E-state index in [-0.39, 0.29) is 18.0 Å². The highest BCUT2D eigenvalue weighted by molar-refractivity contribution is 5.28. The monoisotopic (exact) mass is 196 g/mol. The van der Waals surface area contributed by atoms with Crippen LogP contribution < -0.4 is 0 Å². The maximum atomic E-state index is 12.9. The average molecular weight is 196 g/mol. The molecule has 3 aliphatic rings. The van der Waals surface area contributed by atoms with Gasteiger partial charge in [0.2, 0.25) is 0 Å². The zero-order valence-corrected chi connectivity index (χ0v) is 7.91. The van der Waals surface area contributed by atoms with Crippen LogP contribution >= 0.6 is 0 Å². The molecule has 0 spiro atoms. The smallest absolute Gasteiger partial charge is 0.119 e. The second kappa shape index (κ2) is 3.17. The summed E-state index contributed by atoms with van der Waals surface area (Å²) >= 11 is 0. The Morgan fingerprint density at radius 2 is 2.21 bits per heavy atom. The number of halogens is 1. The lowest BCUT2D eigenvalue weighted by atomic mass is 9.91. The fourth-order valence-corrected chi connectivity index (χ4v) is 2.21. The molecule has 2 saturated heterocycles. The summed E-state index contributed by atoms with van der Waals surface area (Å²) in [4.78, 5) is 0.